The van der Waals surface area contributed by atoms with Gasteiger partial charge in [0.1, 0.15) is 0 Å². The van der Waals surface area contributed by atoms with Gasteiger partial charge in [0.25, 0.3) is 0 Å². The van der Waals surface area contributed by atoms with Crippen molar-refractivity contribution in [3.8, 4) is 0 Å². The molecule has 0 heterocycles. The zero-order valence-electron chi connectivity index (χ0n) is 9.47. The Morgan fingerprint density at radius 1 is 1.31 bits per heavy atom. The van der Waals surface area contributed by atoms with Crippen LogP contribution in [0, 0.1) is 0 Å². The normalized spacial score (nSPS) is 12.4. The second kappa shape index (κ2) is 7.25. The van der Waals surface area contributed by atoms with Crippen LogP contribution >= 0.6 is 31.9 Å². The Morgan fingerprint density at radius 3 is 2.44 bits per heavy atom. The first-order valence-electron chi connectivity index (χ1n) is 5.41. The molecule has 0 saturated heterocycles. The number of rotatable bonds is 6. The fourth-order valence-corrected chi connectivity index (χ4v) is 3.05. The molecule has 0 radical (unpaired) electrons. The summed E-state index contributed by atoms with van der Waals surface area (Å²) in [6, 6.07) is 6.80. The highest BCUT2D eigenvalue weighted by Gasteiger charge is 2.09. The molecule has 0 aromatic heterocycles. The maximum Gasteiger partial charge on any atom is 0.0318 e. The monoisotopic (exact) mass is 345 g/mol. The van der Waals surface area contributed by atoms with Gasteiger partial charge in [0, 0.05) is 15.0 Å². The van der Waals surface area contributed by atoms with Crippen molar-refractivity contribution < 1.29 is 0 Å². The number of hydrogen-bond donors (Lipinski definition) is 1. The van der Waals surface area contributed by atoms with Gasteiger partial charge in [-0.3, -0.25) is 0 Å². The molecule has 0 spiro atoms. The minimum absolute atomic E-state index is 0.411. The lowest BCUT2D eigenvalue weighted by atomic mass is 10.0. The third-order valence-electron chi connectivity index (χ3n) is 2.54. The van der Waals surface area contributed by atoms with Crippen LogP contribution in [0.2, 0.25) is 0 Å². The fourth-order valence-electron chi connectivity index (χ4n) is 1.72. The molecular weight excluding hydrogens is 330 g/mol. The van der Waals surface area contributed by atoms with E-state index in [1.165, 1.54) is 12.0 Å². The van der Waals surface area contributed by atoms with E-state index in [9.17, 15) is 0 Å². The summed E-state index contributed by atoms with van der Waals surface area (Å²) < 4.78 is 2.22. The number of halogens is 2. The van der Waals surface area contributed by atoms with Gasteiger partial charge in [-0.1, -0.05) is 37.9 Å². The minimum atomic E-state index is 0.411. The molecular formula is C13H17Br2N. The molecule has 0 fully saturated rings. The van der Waals surface area contributed by atoms with Gasteiger partial charge in [-0.25, -0.2) is 0 Å². The molecule has 0 saturated carbocycles. The highest BCUT2D eigenvalue weighted by atomic mass is 79.9. The van der Waals surface area contributed by atoms with Crippen LogP contribution in [0.5, 0.6) is 0 Å². The van der Waals surface area contributed by atoms with Crippen molar-refractivity contribution in [3.05, 3.63) is 45.4 Å². The number of hydrogen-bond acceptors (Lipinski definition) is 1. The van der Waals surface area contributed by atoms with E-state index < -0.39 is 0 Å². The zero-order valence-corrected chi connectivity index (χ0v) is 12.6. The van der Waals surface area contributed by atoms with Gasteiger partial charge >= 0.3 is 0 Å². The van der Waals surface area contributed by atoms with Crippen molar-refractivity contribution in [2.75, 3.05) is 7.05 Å². The summed E-state index contributed by atoms with van der Waals surface area (Å²) in [7, 11) is 2.01. The quantitative estimate of drug-likeness (QED) is 0.574. The van der Waals surface area contributed by atoms with Crippen LogP contribution in [0.15, 0.2) is 39.8 Å². The molecule has 1 N–H and O–H groups in total. The Bertz CT molecular complexity index is 330. The van der Waals surface area contributed by atoms with Crippen LogP contribution in [0.4, 0.5) is 0 Å². The van der Waals surface area contributed by atoms with E-state index in [-0.39, 0.29) is 0 Å². The van der Waals surface area contributed by atoms with Crippen molar-refractivity contribution in [2.24, 2.45) is 0 Å². The molecule has 1 aromatic carbocycles. The smallest absolute Gasteiger partial charge is 0.0318 e. The first kappa shape index (κ1) is 13.9. The molecule has 0 aliphatic rings. The Kier molecular flexibility index (Phi) is 6.32. The zero-order chi connectivity index (χ0) is 12.0. The predicted molar refractivity (Wildman–Crippen MR) is 77.7 cm³/mol. The van der Waals surface area contributed by atoms with E-state index in [4.69, 9.17) is 0 Å². The summed E-state index contributed by atoms with van der Waals surface area (Å²) in [5, 5.41) is 3.36. The first-order chi connectivity index (χ1) is 7.67. The van der Waals surface area contributed by atoms with Crippen LogP contribution in [-0.2, 0) is 0 Å². The molecule has 1 atom stereocenters. The van der Waals surface area contributed by atoms with Crippen LogP contribution in [-0.4, -0.2) is 7.05 Å². The molecule has 1 unspecified atom stereocenters. The van der Waals surface area contributed by atoms with Gasteiger partial charge in [0.15, 0.2) is 0 Å². The van der Waals surface area contributed by atoms with Gasteiger partial charge in [-0.2, -0.15) is 0 Å². The topological polar surface area (TPSA) is 12.0 Å². The molecule has 88 valence electrons. The van der Waals surface area contributed by atoms with Crippen LogP contribution in [0.25, 0.3) is 0 Å². The summed E-state index contributed by atoms with van der Waals surface area (Å²) >= 11 is 7.04. The van der Waals surface area contributed by atoms with Crippen molar-refractivity contribution in [3.63, 3.8) is 0 Å². The van der Waals surface area contributed by atoms with E-state index in [1.54, 1.807) is 0 Å². The van der Waals surface area contributed by atoms with Crippen LogP contribution in [0.3, 0.4) is 0 Å². The average Bonchev–Trinajstić information content (AvgIpc) is 2.23. The lowest BCUT2D eigenvalue weighted by Gasteiger charge is -2.17. The summed E-state index contributed by atoms with van der Waals surface area (Å²) in [6.45, 7) is 3.75. The lowest BCUT2D eigenvalue weighted by Crippen LogP contribution is -2.16. The maximum atomic E-state index is 3.75. The molecule has 0 amide bonds. The maximum absolute atomic E-state index is 3.75. The van der Waals surface area contributed by atoms with E-state index in [1.807, 2.05) is 13.1 Å². The third kappa shape index (κ3) is 4.40. The van der Waals surface area contributed by atoms with Crippen molar-refractivity contribution in [1.29, 1.82) is 0 Å². The van der Waals surface area contributed by atoms with Crippen molar-refractivity contribution in [1.82, 2.24) is 5.32 Å². The van der Waals surface area contributed by atoms with E-state index in [0.29, 0.717) is 6.04 Å². The standard InChI is InChI=1S/C13H17Br2N/c1-3-4-5-6-13(16-2)10-7-11(14)9-12(15)8-10/h3,7-9,13,16H,1,4-6H2,2H3. The first-order valence-corrected chi connectivity index (χ1v) is 7.00. The second-order valence-electron chi connectivity index (χ2n) is 3.76. The second-order valence-corrected chi connectivity index (χ2v) is 5.59. The molecule has 1 rings (SSSR count). The number of benzene rings is 1. The van der Waals surface area contributed by atoms with Gasteiger partial charge in [0.05, 0.1) is 0 Å². The fraction of sp³-hybridized carbons (Fsp3) is 0.385. The molecule has 1 aromatic rings. The molecule has 0 bridgehead atoms. The van der Waals surface area contributed by atoms with Crippen LogP contribution in [0.1, 0.15) is 30.9 Å². The number of allylic oxidation sites excluding steroid dienone is 1. The van der Waals surface area contributed by atoms with Gasteiger partial charge in [-0.05, 0) is 50.1 Å². The van der Waals surface area contributed by atoms with Gasteiger partial charge < -0.3 is 5.32 Å². The highest BCUT2D eigenvalue weighted by molar-refractivity contribution is 9.11. The van der Waals surface area contributed by atoms with Gasteiger partial charge in [-0.15, -0.1) is 6.58 Å². The third-order valence-corrected chi connectivity index (χ3v) is 3.45. The summed E-state index contributed by atoms with van der Waals surface area (Å²) in [6.07, 6.45) is 5.35. The van der Waals surface area contributed by atoms with Crippen LogP contribution < -0.4 is 5.32 Å². The Morgan fingerprint density at radius 2 is 1.94 bits per heavy atom. The van der Waals surface area contributed by atoms with E-state index >= 15 is 0 Å². The summed E-state index contributed by atoms with van der Waals surface area (Å²) in [5.74, 6) is 0. The highest BCUT2D eigenvalue weighted by Crippen LogP contribution is 2.26. The molecule has 0 aliphatic heterocycles. The molecule has 16 heavy (non-hydrogen) atoms. The van der Waals surface area contributed by atoms with E-state index in [2.05, 4.69) is 62.0 Å². The molecule has 3 heteroatoms. The summed E-state index contributed by atoms with van der Waals surface area (Å²) in [4.78, 5) is 0. The van der Waals surface area contributed by atoms with Crippen molar-refractivity contribution in [2.45, 2.75) is 25.3 Å². The Balaban J connectivity index is 2.73. The van der Waals surface area contributed by atoms with Crippen molar-refractivity contribution >= 4 is 31.9 Å². The SMILES string of the molecule is C=CCCCC(NC)c1cc(Br)cc(Br)c1. The lowest BCUT2D eigenvalue weighted by molar-refractivity contribution is 0.530. The number of nitrogens with one attached hydrogen (secondary N) is 1. The Labute approximate surface area is 115 Å². The number of unbranched alkanes of at least 4 members (excludes halogenated alkanes) is 1. The molecule has 1 nitrogen and oxygen atoms in total. The predicted octanol–water partition coefficient (Wildman–Crippen LogP) is 4.83. The van der Waals surface area contributed by atoms with E-state index in [0.717, 1.165) is 21.8 Å². The van der Waals surface area contributed by atoms with Gasteiger partial charge in [0.2, 0.25) is 0 Å². The largest absolute Gasteiger partial charge is 0.313 e. The minimum Gasteiger partial charge on any atom is -0.313 e. The average molecular weight is 347 g/mol. The Hall–Kier alpha value is -0.120. The molecule has 0 aliphatic carbocycles. The summed E-state index contributed by atoms with van der Waals surface area (Å²) in [5.41, 5.74) is 1.31.